The van der Waals surface area contributed by atoms with Gasteiger partial charge in [-0.1, -0.05) is 11.6 Å². The molecule has 0 saturated carbocycles. The van der Waals surface area contributed by atoms with Crippen molar-refractivity contribution < 1.29 is 9.59 Å². The van der Waals surface area contributed by atoms with Crippen LogP contribution in [0.4, 0.5) is 5.69 Å². The smallest absolute Gasteiger partial charge is 0.239 e. The minimum atomic E-state index is -0.0638. The van der Waals surface area contributed by atoms with E-state index in [4.69, 9.17) is 11.6 Å². The molecule has 1 aromatic rings. The van der Waals surface area contributed by atoms with E-state index in [0.717, 1.165) is 12.0 Å². The SMILES string of the molecule is CCNC(=O)CN(CC)c1ccc(Cl)cc1C=O. The van der Waals surface area contributed by atoms with Gasteiger partial charge in [-0.2, -0.15) is 0 Å². The van der Waals surface area contributed by atoms with Crippen LogP contribution in [0.15, 0.2) is 18.2 Å². The number of nitrogens with one attached hydrogen (secondary N) is 1. The van der Waals surface area contributed by atoms with E-state index in [1.807, 2.05) is 18.7 Å². The minimum Gasteiger partial charge on any atom is -0.362 e. The average Bonchev–Trinajstić information content (AvgIpc) is 2.36. The molecule has 1 rings (SSSR count). The second-order valence-electron chi connectivity index (χ2n) is 3.79. The van der Waals surface area contributed by atoms with Crippen LogP contribution < -0.4 is 10.2 Å². The first kappa shape index (κ1) is 14.5. The number of hydrogen-bond donors (Lipinski definition) is 1. The zero-order chi connectivity index (χ0) is 13.5. The van der Waals surface area contributed by atoms with Crippen LogP contribution in [0.5, 0.6) is 0 Å². The number of rotatable bonds is 6. The van der Waals surface area contributed by atoms with Gasteiger partial charge in [-0.15, -0.1) is 0 Å². The molecule has 98 valence electrons. The molecule has 0 saturated heterocycles. The first-order chi connectivity index (χ1) is 8.62. The molecule has 0 radical (unpaired) electrons. The number of hydrogen-bond acceptors (Lipinski definition) is 3. The molecular weight excluding hydrogens is 252 g/mol. The predicted octanol–water partition coefficient (Wildman–Crippen LogP) is 2.11. The number of aldehydes is 1. The number of anilines is 1. The van der Waals surface area contributed by atoms with E-state index in [0.29, 0.717) is 23.7 Å². The highest BCUT2D eigenvalue weighted by Crippen LogP contribution is 2.22. The van der Waals surface area contributed by atoms with Gasteiger partial charge in [-0.05, 0) is 32.0 Å². The van der Waals surface area contributed by atoms with Crippen LogP contribution >= 0.6 is 11.6 Å². The maximum atomic E-state index is 11.6. The largest absolute Gasteiger partial charge is 0.362 e. The van der Waals surface area contributed by atoms with Crippen LogP contribution in [-0.2, 0) is 4.79 Å². The molecule has 18 heavy (non-hydrogen) atoms. The summed E-state index contributed by atoms with van der Waals surface area (Å²) < 4.78 is 0. The lowest BCUT2D eigenvalue weighted by molar-refractivity contribution is -0.119. The van der Waals surface area contributed by atoms with E-state index in [1.165, 1.54) is 0 Å². The number of amides is 1. The molecule has 1 aromatic carbocycles. The second kappa shape index (κ2) is 7.01. The third kappa shape index (κ3) is 3.74. The molecule has 1 N–H and O–H groups in total. The Hall–Kier alpha value is -1.55. The zero-order valence-corrected chi connectivity index (χ0v) is 11.3. The molecule has 0 aliphatic heterocycles. The molecule has 0 spiro atoms. The van der Waals surface area contributed by atoms with E-state index in [9.17, 15) is 9.59 Å². The van der Waals surface area contributed by atoms with E-state index in [1.54, 1.807) is 18.2 Å². The van der Waals surface area contributed by atoms with Crippen molar-refractivity contribution in [2.75, 3.05) is 24.5 Å². The Balaban J connectivity index is 2.94. The van der Waals surface area contributed by atoms with Crippen molar-refractivity contribution in [3.63, 3.8) is 0 Å². The first-order valence-electron chi connectivity index (χ1n) is 5.88. The van der Waals surface area contributed by atoms with Crippen LogP contribution in [0.1, 0.15) is 24.2 Å². The molecule has 0 bridgehead atoms. The maximum Gasteiger partial charge on any atom is 0.239 e. The van der Waals surface area contributed by atoms with Gasteiger partial charge in [0.15, 0.2) is 6.29 Å². The molecule has 4 nitrogen and oxygen atoms in total. The Morgan fingerprint density at radius 1 is 1.44 bits per heavy atom. The fourth-order valence-electron chi connectivity index (χ4n) is 1.70. The van der Waals surface area contributed by atoms with Gasteiger partial charge in [0.1, 0.15) is 0 Å². The average molecular weight is 269 g/mol. The molecule has 0 atom stereocenters. The van der Waals surface area contributed by atoms with Crippen LogP contribution in [0.3, 0.4) is 0 Å². The van der Waals surface area contributed by atoms with Crippen LogP contribution in [0, 0.1) is 0 Å². The van der Waals surface area contributed by atoms with Crippen LogP contribution in [-0.4, -0.2) is 31.8 Å². The summed E-state index contributed by atoms with van der Waals surface area (Å²) in [5.74, 6) is -0.0638. The predicted molar refractivity (Wildman–Crippen MR) is 73.4 cm³/mol. The summed E-state index contributed by atoms with van der Waals surface area (Å²) in [4.78, 5) is 24.4. The molecular formula is C13H17ClN2O2. The van der Waals surface area contributed by atoms with Crippen molar-refractivity contribution in [3.8, 4) is 0 Å². The second-order valence-corrected chi connectivity index (χ2v) is 4.23. The highest BCUT2D eigenvalue weighted by Gasteiger charge is 2.13. The standard InChI is InChI=1S/C13H17ClN2O2/c1-3-15-13(18)8-16(4-2)12-6-5-11(14)7-10(12)9-17/h5-7,9H,3-4,8H2,1-2H3,(H,15,18). The third-order valence-electron chi connectivity index (χ3n) is 2.55. The van der Waals surface area contributed by atoms with Gasteiger partial charge >= 0.3 is 0 Å². The number of likely N-dealkylation sites (N-methyl/N-ethyl adjacent to an activating group) is 2. The normalized spacial score (nSPS) is 9.94. The summed E-state index contributed by atoms with van der Waals surface area (Å²) in [7, 11) is 0. The van der Waals surface area contributed by atoms with Gasteiger partial charge in [0, 0.05) is 29.4 Å². The van der Waals surface area contributed by atoms with Gasteiger partial charge in [0.05, 0.1) is 6.54 Å². The highest BCUT2D eigenvalue weighted by molar-refractivity contribution is 6.31. The highest BCUT2D eigenvalue weighted by atomic mass is 35.5. The number of carbonyl (C=O) groups is 2. The summed E-state index contributed by atoms with van der Waals surface area (Å²) in [5.41, 5.74) is 1.22. The lowest BCUT2D eigenvalue weighted by Gasteiger charge is -2.23. The van der Waals surface area contributed by atoms with Gasteiger partial charge in [-0.25, -0.2) is 0 Å². The van der Waals surface area contributed by atoms with Gasteiger partial charge in [0.25, 0.3) is 0 Å². The van der Waals surface area contributed by atoms with Gasteiger partial charge < -0.3 is 10.2 Å². The molecule has 0 aromatic heterocycles. The molecule has 0 aliphatic carbocycles. The number of benzene rings is 1. The Bertz CT molecular complexity index is 435. The number of nitrogens with zero attached hydrogens (tertiary/aromatic N) is 1. The zero-order valence-electron chi connectivity index (χ0n) is 10.6. The van der Waals surface area contributed by atoms with Crippen molar-refractivity contribution in [2.45, 2.75) is 13.8 Å². The molecule has 0 heterocycles. The lowest BCUT2D eigenvalue weighted by Crippen LogP contribution is -2.37. The van der Waals surface area contributed by atoms with Crippen molar-refractivity contribution in [1.82, 2.24) is 5.32 Å². The molecule has 5 heteroatoms. The molecule has 0 unspecified atom stereocenters. The van der Waals surface area contributed by atoms with E-state index < -0.39 is 0 Å². The number of halogens is 1. The quantitative estimate of drug-likeness (QED) is 0.804. The van der Waals surface area contributed by atoms with Crippen LogP contribution in [0.2, 0.25) is 5.02 Å². The Kier molecular flexibility index (Phi) is 5.65. The lowest BCUT2D eigenvalue weighted by atomic mass is 10.1. The summed E-state index contributed by atoms with van der Waals surface area (Å²) in [6, 6.07) is 5.07. The Morgan fingerprint density at radius 3 is 2.72 bits per heavy atom. The fourth-order valence-corrected chi connectivity index (χ4v) is 1.88. The van der Waals surface area contributed by atoms with E-state index >= 15 is 0 Å². The summed E-state index contributed by atoms with van der Waals surface area (Å²) >= 11 is 5.84. The molecule has 0 aliphatic rings. The third-order valence-corrected chi connectivity index (χ3v) is 2.78. The Labute approximate surface area is 112 Å². The van der Waals surface area contributed by atoms with E-state index in [-0.39, 0.29) is 12.5 Å². The monoisotopic (exact) mass is 268 g/mol. The fraction of sp³-hybridized carbons (Fsp3) is 0.385. The summed E-state index contributed by atoms with van der Waals surface area (Å²) in [6.45, 7) is 5.26. The van der Waals surface area contributed by atoms with Crippen molar-refractivity contribution in [2.24, 2.45) is 0 Å². The van der Waals surface area contributed by atoms with Gasteiger partial charge in [-0.3, -0.25) is 9.59 Å². The topological polar surface area (TPSA) is 49.4 Å². The van der Waals surface area contributed by atoms with Gasteiger partial charge in [0.2, 0.25) is 5.91 Å². The molecule has 1 amide bonds. The van der Waals surface area contributed by atoms with Crippen molar-refractivity contribution in [1.29, 1.82) is 0 Å². The summed E-state index contributed by atoms with van der Waals surface area (Å²) in [6.07, 6.45) is 0.752. The minimum absolute atomic E-state index is 0.0638. The van der Waals surface area contributed by atoms with Crippen molar-refractivity contribution in [3.05, 3.63) is 28.8 Å². The molecule has 0 fully saturated rings. The van der Waals surface area contributed by atoms with Crippen molar-refractivity contribution >= 4 is 29.5 Å². The van der Waals surface area contributed by atoms with Crippen LogP contribution in [0.25, 0.3) is 0 Å². The maximum absolute atomic E-state index is 11.6. The summed E-state index contributed by atoms with van der Waals surface area (Å²) in [5, 5.41) is 3.24. The Morgan fingerprint density at radius 2 is 2.17 bits per heavy atom. The first-order valence-corrected chi connectivity index (χ1v) is 6.26. The number of carbonyl (C=O) groups excluding carboxylic acids is 2. The van der Waals surface area contributed by atoms with E-state index in [2.05, 4.69) is 5.32 Å².